The Morgan fingerprint density at radius 3 is 2.57 bits per heavy atom. The van der Waals surface area contributed by atoms with Gasteiger partial charge in [0.2, 0.25) is 0 Å². The zero-order valence-electron chi connectivity index (χ0n) is 12.0. The van der Waals surface area contributed by atoms with Crippen molar-refractivity contribution in [2.24, 2.45) is 0 Å². The van der Waals surface area contributed by atoms with E-state index in [1.165, 1.54) is 6.07 Å². The van der Waals surface area contributed by atoms with Crippen LogP contribution >= 0.6 is 0 Å². The van der Waals surface area contributed by atoms with Crippen molar-refractivity contribution in [1.82, 2.24) is 5.32 Å². The molecule has 0 saturated carbocycles. The zero-order valence-corrected chi connectivity index (χ0v) is 12.0. The molecule has 0 radical (unpaired) electrons. The van der Waals surface area contributed by atoms with Gasteiger partial charge in [0.25, 0.3) is 0 Å². The first-order valence-corrected chi connectivity index (χ1v) is 7.03. The monoisotopic (exact) mass is 307 g/mol. The molecule has 21 heavy (non-hydrogen) atoms. The van der Waals surface area contributed by atoms with E-state index in [9.17, 15) is 17.6 Å². The van der Waals surface area contributed by atoms with Gasteiger partial charge in [0, 0.05) is 13.2 Å². The molecule has 0 amide bonds. The summed E-state index contributed by atoms with van der Waals surface area (Å²) in [5.74, 6) is -0.350. The molecule has 1 atom stereocenters. The maximum absolute atomic E-state index is 13.8. The smallest absolute Gasteiger partial charge is 0.372 e. The summed E-state index contributed by atoms with van der Waals surface area (Å²) in [7, 11) is 0. The quantitative estimate of drug-likeness (QED) is 0.552. The maximum Gasteiger partial charge on any atom is 0.411 e. The molecular weight excluding hydrogens is 286 g/mol. The highest BCUT2D eigenvalue weighted by Crippen LogP contribution is 2.23. The van der Waals surface area contributed by atoms with Crippen molar-refractivity contribution in [3.8, 4) is 0 Å². The third kappa shape index (κ3) is 7.43. The van der Waals surface area contributed by atoms with E-state index in [0.29, 0.717) is 24.9 Å². The van der Waals surface area contributed by atoms with Gasteiger partial charge < -0.3 is 10.1 Å². The molecule has 0 aromatic heterocycles. The zero-order chi connectivity index (χ0) is 15.7. The standard InChI is InChI=1S/C15H21F4NO/c1-2-20-10-12(13-7-3-4-8-14(13)16)6-5-9-21-11-15(17,18)19/h3-4,7-8,12,20H,2,5-6,9-11H2,1H3. The molecule has 0 heterocycles. The second-order valence-corrected chi connectivity index (χ2v) is 4.84. The van der Waals surface area contributed by atoms with Gasteiger partial charge in [0.05, 0.1) is 0 Å². The Labute approximate surface area is 122 Å². The molecule has 1 N–H and O–H groups in total. The van der Waals surface area contributed by atoms with Gasteiger partial charge in [-0.2, -0.15) is 13.2 Å². The molecule has 0 fully saturated rings. The van der Waals surface area contributed by atoms with Crippen LogP contribution in [0.4, 0.5) is 17.6 Å². The SMILES string of the molecule is CCNCC(CCCOCC(F)(F)F)c1ccccc1F. The van der Waals surface area contributed by atoms with Crippen molar-refractivity contribution in [1.29, 1.82) is 0 Å². The van der Waals surface area contributed by atoms with E-state index in [4.69, 9.17) is 0 Å². The molecule has 0 saturated heterocycles. The normalized spacial score (nSPS) is 13.4. The largest absolute Gasteiger partial charge is 0.411 e. The highest BCUT2D eigenvalue weighted by Gasteiger charge is 2.27. The molecule has 6 heteroatoms. The number of hydrogen-bond donors (Lipinski definition) is 1. The second-order valence-electron chi connectivity index (χ2n) is 4.84. The minimum atomic E-state index is -4.30. The summed E-state index contributed by atoms with van der Waals surface area (Å²) in [4.78, 5) is 0. The second kappa shape index (κ2) is 9.00. The lowest BCUT2D eigenvalue weighted by Crippen LogP contribution is -2.22. The Balaban J connectivity index is 2.46. The summed E-state index contributed by atoms with van der Waals surface area (Å²) >= 11 is 0. The van der Waals surface area contributed by atoms with Crippen LogP contribution in [0, 0.1) is 5.82 Å². The summed E-state index contributed by atoms with van der Waals surface area (Å²) in [5.41, 5.74) is 0.592. The number of rotatable bonds is 9. The van der Waals surface area contributed by atoms with E-state index in [1.54, 1.807) is 18.2 Å². The predicted octanol–water partition coefficient (Wildman–Crippen LogP) is 3.88. The molecule has 2 nitrogen and oxygen atoms in total. The van der Waals surface area contributed by atoms with Crippen molar-refractivity contribution >= 4 is 0 Å². The van der Waals surface area contributed by atoms with Crippen molar-refractivity contribution < 1.29 is 22.3 Å². The minimum absolute atomic E-state index is 0.0244. The number of hydrogen-bond acceptors (Lipinski definition) is 2. The van der Waals surface area contributed by atoms with E-state index in [1.807, 2.05) is 6.92 Å². The molecule has 0 bridgehead atoms. The Hall–Kier alpha value is -1.14. The first kappa shape index (κ1) is 17.9. The lowest BCUT2D eigenvalue weighted by Gasteiger charge is -2.18. The van der Waals surface area contributed by atoms with Crippen LogP contribution in [0.1, 0.15) is 31.2 Å². The summed E-state index contributed by atoms with van der Waals surface area (Å²) in [6.07, 6.45) is -3.26. The first-order chi connectivity index (χ1) is 9.94. The van der Waals surface area contributed by atoms with E-state index in [0.717, 1.165) is 6.54 Å². The molecule has 1 rings (SSSR count). The van der Waals surface area contributed by atoms with Gasteiger partial charge in [-0.05, 0) is 36.9 Å². The lowest BCUT2D eigenvalue weighted by molar-refractivity contribution is -0.174. The molecule has 1 aromatic rings. The molecule has 0 spiro atoms. The van der Waals surface area contributed by atoms with Gasteiger partial charge >= 0.3 is 6.18 Å². The van der Waals surface area contributed by atoms with Crippen molar-refractivity contribution in [3.63, 3.8) is 0 Å². The number of nitrogens with one attached hydrogen (secondary N) is 1. The van der Waals surface area contributed by atoms with Gasteiger partial charge in [-0.15, -0.1) is 0 Å². The van der Waals surface area contributed by atoms with Crippen LogP contribution < -0.4 is 5.32 Å². The third-order valence-corrected chi connectivity index (χ3v) is 3.09. The van der Waals surface area contributed by atoms with E-state index < -0.39 is 12.8 Å². The first-order valence-electron chi connectivity index (χ1n) is 7.03. The van der Waals surface area contributed by atoms with Crippen molar-refractivity contribution in [2.45, 2.75) is 31.9 Å². The maximum atomic E-state index is 13.8. The average Bonchev–Trinajstić information content (AvgIpc) is 2.41. The molecule has 0 aliphatic rings. The van der Waals surface area contributed by atoms with Crippen molar-refractivity contribution in [3.05, 3.63) is 35.6 Å². The fourth-order valence-electron chi connectivity index (χ4n) is 2.11. The Morgan fingerprint density at radius 1 is 1.24 bits per heavy atom. The van der Waals surface area contributed by atoms with E-state index in [-0.39, 0.29) is 18.3 Å². The van der Waals surface area contributed by atoms with E-state index in [2.05, 4.69) is 10.1 Å². The highest BCUT2D eigenvalue weighted by molar-refractivity contribution is 5.22. The van der Waals surface area contributed by atoms with Gasteiger partial charge in [-0.1, -0.05) is 25.1 Å². The number of alkyl halides is 3. The Kier molecular flexibility index (Phi) is 7.67. The molecule has 1 aromatic carbocycles. The minimum Gasteiger partial charge on any atom is -0.372 e. The molecule has 1 unspecified atom stereocenters. The third-order valence-electron chi connectivity index (χ3n) is 3.09. The number of likely N-dealkylation sites (N-methyl/N-ethyl adjacent to an activating group) is 1. The van der Waals surface area contributed by atoms with Gasteiger partial charge in [0.1, 0.15) is 12.4 Å². The summed E-state index contributed by atoms with van der Waals surface area (Å²) in [5, 5.41) is 3.15. The van der Waals surface area contributed by atoms with Gasteiger partial charge in [0.15, 0.2) is 0 Å². The summed E-state index contributed by atoms with van der Waals surface area (Å²) < 4.78 is 54.2. The predicted molar refractivity (Wildman–Crippen MR) is 73.8 cm³/mol. The van der Waals surface area contributed by atoms with Crippen molar-refractivity contribution in [2.75, 3.05) is 26.3 Å². The van der Waals surface area contributed by atoms with Gasteiger partial charge in [-0.25, -0.2) is 4.39 Å². The average molecular weight is 307 g/mol. The highest BCUT2D eigenvalue weighted by atomic mass is 19.4. The molecular formula is C15H21F4NO. The Morgan fingerprint density at radius 2 is 1.95 bits per heavy atom. The topological polar surface area (TPSA) is 21.3 Å². The van der Waals surface area contributed by atoms with Crippen LogP contribution in [0.15, 0.2) is 24.3 Å². The summed E-state index contributed by atoms with van der Waals surface area (Å²) in [6, 6.07) is 6.50. The molecule has 120 valence electrons. The van der Waals surface area contributed by atoms with Crippen LogP contribution in [-0.4, -0.2) is 32.5 Å². The number of benzene rings is 1. The molecule has 0 aliphatic heterocycles. The van der Waals surface area contributed by atoms with Crippen LogP contribution in [-0.2, 0) is 4.74 Å². The Bertz CT molecular complexity index is 409. The van der Waals surface area contributed by atoms with Crippen LogP contribution in [0.3, 0.4) is 0 Å². The summed E-state index contributed by atoms with van der Waals surface area (Å²) in [6.45, 7) is 2.10. The van der Waals surface area contributed by atoms with Gasteiger partial charge in [-0.3, -0.25) is 0 Å². The fourth-order valence-corrected chi connectivity index (χ4v) is 2.11. The van der Waals surface area contributed by atoms with Crippen LogP contribution in [0.2, 0.25) is 0 Å². The van der Waals surface area contributed by atoms with Crippen LogP contribution in [0.25, 0.3) is 0 Å². The number of halogens is 4. The van der Waals surface area contributed by atoms with E-state index >= 15 is 0 Å². The lowest BCUT2D eigenvalue weighted by atomic mass is 9.93. The number of ether oxygens (including phenoxy) is 1. The fraction of sp³-hybridized carbons (Fsp3) is 0.600. The molecule has 0 aliphatic carbocycles. The van der Waals surface area contributed by atoms with Crippen LogP contribution in [0.5, 0.6) is 0 Å².